The summed E-state index contributed by atoms with van der Waals surface area (Å²) in [7, 11) is 0. The number of rotatable bonds is 5. The lowest BCUT2D eigenvalue weighted by molar-refractivity contribution is -0.134. The molecule has 0 bridgehead atoms. The van der Waals surface area contributed by atoms with Crippen LogP contribution in [0.3, 0.4) is 0 Å². The van der Waals surface area contributed by atoms with Gasteiger partial charge in [-0.05, 0) is 37.4 Å². The van der Waals surface area contributed by atoms with Gasteiger partial charge < -0.3 is 4.90 Å². The van der Waals surface area contributed by atoms with Crippen molar-refractivity contribution in [2.24, 2.45) is 5.92 Å². The molecule has 1 amide bonds. The summed E-state index contributed by atoms with van der Waals surface area (Å²) in [5.41, 5.74) is 0. The molecule has 1 saturated heterocycles. The van der Waals surface area contributed by atoms with Crippen LogP contribution in [0.2, 0.25) is 4.34 Å². The van der Waals surface area contributed by atoms with Gasteiger partial charge in [0.05, 0.1) is 10.9 Å². The summed E-state index contributed by atoms with van der Waals surface area (Å²) in [6, 6.07) is 3.96. The van der Waals surface area contributed by atoms with Crippen molar-refractivity contribution in [1.29, 1.82) is 0 Å². The zero-order valence-corrected chi connectivity index (χ0v) is 13.8. The van der Waals surface area contributed by atoms with Crippen molar-refractivity contribution in [3.8, 4) is 0 Å². The van der Waals surface area contributed by atoms with Gasteiger partial charge in [-0.15, -0.1) is 11.3 Å². The minimum absolute atomic E-state index is 0.265. The highest BCUT2D eigenvalue weighted by atomic mass is 35.5. The van der Waals surface area contributed by atoms with Gasteiger partial charge in [-0.2, -0.15) is 0 Å². The summed E-state index contributed by atoms with van der Waals surface area (Å²) in [6.07, 6.45) is 2.38. The van der Waals surface area contributed by atoms with Gasteiger partial charge in [-0.25, -0.2) is 0 Å². The molecule has 0 aromatic carbocycles. The number of thiophene rings is 1. The summed E-state index contributed by atoms with van der Waals surface area (Å²) in [5, 5.41) is 0. The quantitative estimate of drug-likeness (QED) is 0.830. The number of carbonyl (C=O) groups is 1. The minimum atomic E-state index is 0.265. The first-order chi connectivity index (χ1) is 9.58. The number of hydrogen-bond acceptors (Lipinski definition) is 3. The van der Waals surface area contributed by atoms with Crippen molar-refractivity contribution >= 4 is 28.8 Å². The molecule has 2 heterocycles. The monoisotopic (exact) mass is 314 g/mol. The van der Waals surface area contributed by atoms with Gasteiger partial charge in [0.2, 0.25) is 5.91 Å². The van der Waals surface area contributed by atoms with Crippen molar-refractivity contribution in [2.45, 2.75) is 33.2 Å². The third-order valence-electron chi connectivity index (χ3n) is 3.82. The number of hydrogen-bond donors (Lipinski definition) is 0. The lowest BCUT2D eigenvalue weighted by Crippen LogP contribution is -2.44. The molecule has 1 unspecified atom stereocenters. The summed E-state index contributed by atoms with van der Waals surface area (Å²) in [4.78, 5) is 17.8. The summed E-state index contributed by atoms with van der Waals surface area (Å²) < 4.78 is 0.812. The lowest BCUT2D eigenvalue weighted by atomic mass is 10.0. The Hall–Kier alpha value is -0.580. The van der Waals surface area contributed by atoms with Crippen LogP contribution < -0.4 is 0 Å². The van der Waals surface area contributed by atoms with E-state index in [1.165, 1.54) is 11.3 Å². The van der Waals surface area contributed by atoms with E-state index in [4.69, 9.17) is 11.6 Å². The summed E-state index contributed by atoms with van der Waals surface area (Å²) in [5.74, 6) is 0.903. The Balaban J connectivity index is 1.87. The van der Waals surface area contributed by atoms with Crippen LogP contribution in [0.1, 0.15) is 31.6 Å². The maximum atomic E-state index is 12.4. The number of amides is 1. The molecule has 20 heavy (non-hydrogen) atoms. The minimum Gasteiger partial charge on any atom is -0.341 e. The average molecular weight is 315 g/mol. The fourth-order valence-corrected chi connectivity index (χ4v) is 3.77. The van der Waals surface area contributed by atoms with E-state index in [-0.39, 0.29) is 5.91 Å². The van der Waals surface area contributed by atoms with E-state index >= 15 is 0 Å². The highest BCUT2D eigenvalue weighted by Gasteiger charge is 2.22. The maximum Gasteiger partial charge on any atom is 0.236 e. The molecule has 1 atom stereocenters. The fourth-order valence-electron chi connectivity index (χ4n) is 2.64. The third kappa shape index (κ3) is 4.47. The molecule has 3 nitrogen and oxygen atoms in total. The molecule has 0 aliphatic carbocycles. The van der Waals surface area contributed by atoms with E-state index in [2.05, 4.69) is 18.7 Å². The molecule has 1 aromatic heterocycles. The van der Waals surface area contributed by atoms with Gasteiger partial charge in [0.15, 0.2) is 0 Å². The smallest absolute Gasteiger partial charge is 0.236 e. The van der Waals surface area contributed by atoms with E-state index < -0.39 is 0 Å². The van der Waals surface area contributed by atoms with Crippen molar-refractivity contribution in [1.82, 2.24) is 9.80 Å². The third-order valence-corrected chi connectivity index (χ3v) is 5.04. The van der Waals surface area contributed by atoms with Gasteiger partial charge in [0.25, 0.3) is 0 Å². The van der Waals surface area contributed by atoms with Gasteiger partial charge in [-0.1, -0.05) is 25.4 Å². The number of carbonyl (C=O) groups excluding carboxylic acids is 1. The molecule has 1 aromatic rings. The molecule has 0 spiro atoms. The SMILES string of the molecule is CCN(CC(=O)N1CCCC(C)C1)Cc1ccc(Cl)s1. The number of likely N-dealkylation sites (N-methyl/N-ethyl adjacent to an activating group) is 1. The van der Waals surface area contributed by atoms with Crippen LogP contribution in [0.15, 0.2) is 12.1 Å². The van der Waals surface area contributed by atoms with E-state index in [0.29, 0.717) is 12.5 Å². The van der Waals surface area contributed by atoms with Gasteiger partial charge in [0, 0.05) is 24.5 Å². The number of halogens is 1. The largest absolute Gasteiger partial charge is 0.341 e. The first-order valence-corrected chi connectivity index (χ1v) is 8.52. The topological polar surface area (TPSA) is 23.6 Å². The molecule has 0 N–H and O–H groups in total. The molecule has 1 aliphatic rings. The van der Waals surface area contributed by atoms with Crippen LogP contribution in [-0.4, -0.2) is 41.9 Å². The number of piperidine rings is 1. The Morgan fingerprint density at radius 2 is 2.35 bits per heavy atom. The predicted octanol–water partition coefficient (Wildman–Crippen LogP) is 3.48. The average Bonchev–Trinajstić information content (AvgIpc) is 2.83. The first-order valence-electron chi connectivity index (χ1n) is 7.32. The molecule has 2 rings (SSSR count). The molecule has 0 saturated carbocycles. The molecular formula is C15H23ClN2OS. The molecule has 1 aliphatic heterocycles. The Morgan fingerprint density at radius 3 is 2.95 bits per heavy atom. The lowest BCUT2D eigenvalue weighted by Gasteiger charge is -2.32. The van der Waals surface area contributed by atoms with Crippen LogP contribution in [0.5, 0.6) is 0 Å². The second kappa shape index (κ2) is 7.43. The standard InChI is InChI=1S/C15H23ClN2OS/c1-3-17(10-13-6-7-14(16)20-13)11-15(19)18-8-4-5-12(2)9-18/h6-7,12H,3-5,8-11H2,1-2H3. The van der Waals surface area contributed by atoms with Gasteiger partial charge in [-0.3, -0.25) is 9.69 Å². The van der Waals surface area contributed by atoms with Crippen molar-refractivity contribution in [2.75, 3.05) is 26.2 Å². The summed E-state index contributed by atoms with van der Waals surface area (Å²) >= 11 is 7.55. The highest BCUT2D eigenvalue weighted by molar-refractivity contribution is 7.16. The van der Waals surface area contributed by atoms with Gasteiger partial charge >= 0.3 is 0 Å². The zero-order chi connectivity index (χ0) is 14.5. The predicted molar refractivity (Wildman–Crippen MR) is 85.3 cm³/mol. The molecule has 112 valence electrons. The maximum absolute atomic E-state index is 12.4. The molecule has 1 fully saturated rings. The van der Waals surface area contributed by atoms with Crippen LogP contribution in [0.4, 0.5) is 0 Å². The van der Waals surface area contributed by atoms with Crippen LogP contribution in [0, 0.1) is 5.92 Å². The van der Waals surface area contributed by atoms with Crippen LogP contribution >= 0.6 is 22.9 Å². The van der Waals surface area contributed by atoms with Gasteiger partial charge in [0.1, 0.15) is 0 Å². The second-order valence-corrected chi connectivity index (χ2v) is 7.40. The van der Waals surface area contributed by atoms with Crippen molar-refractivity contribution < 1.29 is 4.79 Å². The number of likely N-dealkylation sites (tertiary alicyclic amines) is 1. The van der Waals surface area contributed by atoms with Crippen molar-refractivity contribution in [3.05, 3.63) is 21.3 Å². The Morgan fingerprint density at radius 1 is 1.55 bits per heavy atom. The Bertz CT molecular complexity index is 449. The van der Waals surface area contributed by atoms with E-state index in [9.17, 15) is 4.79 Å². The second-order valence-electron chi connectivity index (χ2n) is 5.60. The molecule has 5 heteroatoms. The van der Waals surface area contributed by atoms with Crippen LogP contribution in [0.25, 0.3) is 0 Å². The zero-order valence-electron chi connectivity index (χ0n) is 12.3. The highest BCUT2D eigenvalue weighted by Crippen LogP contribution is 2.23. The molecule has 0 radical (unpaired) electrons. The summed E-state index contributed by atoms with van der Waals surface area (Å²) in [6.45, 7) is 8.37. The first kappa shape index (κ1) is 15.8. The number of nitrogens with zero attached hydrogens (tertiary/aromatic N) is 2. The van der Waals surface area contributed by atoms with E-state index in [1.54, 1.807) is 11.3 Å². The van der Waals surface area contributed by atoms with E-state index in [0.717, 1.165) is 36.9 Å². The van der Waals surface area contributed by atoms with Crippen LogP contribution in [-0.2, 0) is 11.3 Å². The van der Waals surface area contributed by atoms with Crippen molar-refractivity contribution in [3.63, 3.8) is 0 Å². The Labute approximate surface area is 130 Å². The molecular weight excluding hydrogens is 292 g/mol. The van der Waals surface area contributed by atoms with E-state index in [1.807, 2.05) is 17.0 Å². The fraction of sp³-hybridized carbons (Fsp3) is 0.667. The Kier molecular flexibility index (Phi) is 5.87. The normalized spacial score (nSPS) is 19.6.